The fourth-order valence-electron chi connectivity index (χ4n) is 1.41. The van der Waals surface area contributed by atoms with Gasteiger partial charge < -0.3 is 16.0 Å². The Morgan fingerprint density at radius 2 is 2.05 bits per heavy atom. The van der Waals surface area contributed by atoms with Crippen molar-refractivity contribution in [3.63, 3.8) is 0 Å². The van der Waals surface area contributed by atoms with Crippen LogP contribution < -0.4 is 11.1 Å². The number of hydrogen-bond acceptors (Lipinski definition) is 3. The molecule has 5 nitrogen and oxygen atoms in total. The van der Waals surface area contributed by atoms with E-state index in [1.54, 1.807) is 26.2 Å². The van der Waals surface area contributed by atoms with Crippen molar-refractivity contribution in [3.8, 4) is 0 Å². The Bertz CT molecular complexity index is 466. The van der Waals surface area contributed by atoms with Crippen LogP contribution in [0.25, 0.3) is 0 Å². The van der Waals surface area contributed by atoms with Gasteiger partial charge in [0.05, 0.1) is 10.6 Å². The Balaban J connectivity index is 0.00000324. The fourth-order valence-corrected chi connectivity index (χ4v) is 1.68. The van der Waals surface area contributed by atoms with Gasteiger partial charge in [-0.15, -0.1) is 12.4 Å². The number of halogens is 2. The summed E-state index contributed by atoms with van der Waals surface area (Å²) in [4.78, 5) is 24.6. The second-order valence-electron chi connectivity index (χ2n) is 3.89. The first-order chi connectivity index (χ1) is 8.45. The van der Waals surface area contributed by atoms with Crippen molar-refractivity contribution < 1.29 is 9.59 Å². The number of nitrogens with two attached hydrogens (primary N) is 1. The van der Waals surface area contributed by atoms with Gasteiger partial charge in [-0.2, -0.15) is 0 Å². The first-order valence-electron chi connectivity index (χ1n) is 5.46. The topological polar surface area (TPSA) is 75.4 Å². The number of benzene rings is 1. The van der Waals surface area contributed by atoms with Crippen LogP contribution in [0.1, 0.15) is 16.8 Å². The second kappa shape index (κ2) is 7.86. The van der Waals surface area contributed by atoms with E-state index in [9.17, 15) is 9.59 Å². The van der Waals surface area contributed by atoms with Crippen LogP contribution in [0.4, 0.5) is 5.69 Å². The van der Waals surface area contributed by atoms with Crippen molar-refractivity contribution in [2.75, 3.05) is 26.4 Å². The van der Waals surface area contributed by atoms with E-state index >= 15 is 0 Å². The maximum absolute atomic E-state index is 12.0. The minimum Gasteiger partial charge on any atom is -0.399 e. The largest absolute Gasteiger partial charge is 0.399 e. The van der Waals surface area contributed by atoms with Gasteiger partial charge in [0, 0.05) is 32.7 Å². The summed E-state index contributed by atoms with van der Waals surface area (Å²) in [6.45, 7) is 0.333. The highest BCUT2D eigenvalue weighted by molar-refractivity contribution is 6.34. The monoisotopic (exact) mass is 305 g/mol. The SMILES string of the molecule is CNC(=O)CCN(C)C(=O)c1ccc(N)cc1Cl.Cl. The third-order valence-electron chi connectivity index (χ3n) is 2.52. The Labute approximate surface area is 123 Å². The molecule has 0 heterocycles. The van der Waals surface area contributed by atoms with Crippen molar-refractivity contribution in [2.24, 2.45) is 0 Å². The maximum atomic E-state index is 12.0. The van der Waals surface area contributed by atoms with Crippen molar-refractivity contribution in [2.45, 2.75) is 6.42 Å². The van der Waals surface area contributed by atoms with Gasteiger partial charge in [-0.1, -0.05) is 11.6 Å². The number of rotatable bonds is 4. The molecule has 19 heavy (non-hydrogen) atoms. The van der Waals surface area contributed by atoms with Gasteiger partial charge in [-0.25, -0.2) is 0 Å². The number of nitrogens with one attached hydrogen (secondary N) is 1. The predicted octanol–water partition coefficient (Wildman–Crippen LogP) is 1.55. The molecular weight excluding hydrogens is 289 g/mol. The molecule has 0 radical (unpaired) electrons. The van der Waals surface area contributed by atoms with Crippen LogP contribution in [0.2, 0.25) is 5.02 Å². The molecule has 0 aliphatic carbocycles. The van der Waals surface area contributed by atoms with Gasteiger partial charge in [0.1, 0.15) is 0 Å². The molecule has 1 aromatic rings. The maximum Gasteiger partial charge on any atom is 0.255 e. The summed E-state index contributed by atoms with van der Waals surface area (Å²) in [5, 5.41) is 2.81. The van der Waals surface area contributed by atoms with Crippen LogP contribution in [-0.2, 0) is 4.79 Å². The standard InChI is InChI=1S/C12H16ClN3O2.ClH/c1-15-11(17)5-6-16(2)12(18)9-4-3-8(14)7-10(9)13;/h3-4,7H,5-6,14H2,1-2H3,(H,15,17);1H. The molecule has 106 valence electrons. The molecular formula is C12H17Cl2N3O2. The molecule has 0 saturated heterocycles. The average Bonchev–Trinajstić information content (AvgIpc) is 2.34. The van der Waals surface area contributed by atoms with Gasteiger partial charge in [0.15, 0.2) is 0 Å². The van der Waals surface area contributed by atoms with E-state index in [1.807, 2.05) is 0 Å². The number of amides is 2. The number of nitrogens with zero attached hydrogens (tertiary/aromatic N) is 1. The minimum absolute atomic E-state index is 0. The summed E-state index contributed by atoms with van der Waals surface area (Å²) < 4.78 is 0. The van der Waals surface area contributed by atoms with E-state index in [4.69, 9.17) is 17.3 Å². The molecule has 3 N–H and O–H groups in total. The molecule has 0 unspecified atom stereocenters. The van der Waals surface area contributed by atoms with E-state index in [0.717, 1.165) is 0 Å². The summed E-state index contributed by atoms with van der Waals surface area (Å²) in [6.07, 6.45) is 0.255. The molecule has 0 aliphatic heterocycles. The van der Waals surface area contributed by atoms with Gasteiger partial charge >= 0.3 is 0 Å². The van der Waals surface area contributed by atoms with Gasteiger partial charge in [0.2, 0.25) is 5.91 Å². The molecule has 0 spiro atoms. The summed E-state index contributed by atoms with van der Waals surface area (Å²) in [7, 11) is 3.18. The number of nitrogen functional groups attached to an aromatic ring is 1. The third-order valence-corrected chi connectivity index (χ3v) is 2.84. The van der Waals surface area contributed by atoms with Crippen LogP contribution in [0.3, 0.4) is 0 Å². The molecule has 1 rings (SSSR count). The zero-order chi connectivity index (χ0) is 13.7. The third kappa shape index (κ3) is 4.96. The first-order valence-corrected chi connectivity index (χ1v) is 5.84. The number of hydrogen-bond donors (Lipinski definition) is 2. The molecule has 0 saturated carbocycles. The number of carbonyl (C=O) groups excluding carboxylic acids is 2. The summed E-state index contributed by atoms with van der Waals surface area (Å²) in [5.41, 5.74) is 6.44. The van der Waals surface area contributed by atoms with Crippen LogP contribution in [-0.4, -0.2) is 37.4 Å². The predicted molar refractivity (Wildman–Crippen MR) is 78.8 cm³/mol. The van der Waals surface area contributed by atoms with E-state index in [-0.39, 0.29) is 30.6 Å². The van der Waals surface area contributed by atoms with Crippen LogP contribution in [0, 0.1) is 0 Å². The first kappa shape index (κ1) is 17.5. The van der Waals surface area contributed by atoms with Gasteiger partial charge in [-0.05, 0) is 18.2 Å². The zero-order valence-corrected chi connectivity index (χ0v) is 12.3. The molecule has 0 bridgehead atoms. The molecule has 0 aliphatic rings. The van der Waals surface area contributed by atoms with Gasteiger partial charge in [-0.3, -0.25) is 9.59 Å². The number of anilines is 1. The minimum atomic E-state index is -0.232. The van der Waals surface area contributed by atoms with Crippen LogP contribution in [0.5, 0.6) is 0 Å². The lowest BCUT2D eigenvalue weighted by molar-refractivity contribution is -0.120. The molecule has 2 amide bonds. The smallest absolute Gasteiger partial charge is 0.255 e. The molecule has 1 aromatic carbocycles. The van der Waals surface area contributed by atoms with Crippen molar-refractivity contribution >= 4 is 41.5 Å². The van der Waals surface area contributed by atoms with Gasteiger partial charge in [0.25, 0.3) is 5.91 Å². The Hall–Kier alpha value is -1.46. The summed E-state index contributed by atoms with van der Waals surface area (Å²) in [5.74, 6) is -0.345. The highest BCUT2D eigenvalue weighted by Crippen LogP contribution is 2.20. The summed E-state index contributed by atoms with van der Waals surface area (Å²) in [6, 6.07) is 4.73. The van der Waals surface area contributed by atoms with E-state index in [1.165, 1.54) is 11.0 Å². The van der Waals surface area contributed by atoms with Crippen molar-refractivity contribution in [3.05, 3.63) is 28.8 Å². The van der Waals surface area contributed by atoms with E-state index in [2.05, 4.69) is 5.32 Å². The van der Waals surface area contributed by atoms with Crippen molar-refractivity contribution in [1.82, 2.24) is 10.2 Å². The Morgan fingerprint density at radius 3 is 2.58 bits per heavy atom. The fraction of sp³-hybridized carbons (Fsp3) is 0.333. The number of carbonyl (C=O) groups is 2. The highest BCUT2D eigenvalue weighted by Gasteiger charge is 2.15. The average molecular weight is 306 g/mol. The second-order valence-corrected chi connectivity index (χ2v) is 4.30. The zero-order valence-electron chi connectivity index (χ0n) is 10.8. The Kier molecular flexibility index (Phi) is 7.26. The lowest BCUT2D eigenvalue weighted by atomic mass is 10.2. The van der Waals surface area contributed by atoms with Crippen LogP contribution >= 0.6 is 24.0 Å². The van der Waals surface area contributed by atoms with Crippen LogP contribution in [0.15, 0.2) is 18.2 Å². The summed E-state index contributed by atoms with van der Waals surface area (Å²) >= 11 is 5.95. The van der Waals surface area contributed by atoms with E-state index < -0.39 is 0 Å². The molecule has 0 aromatic heterocycles. The molecule has 0 fully saturated rings. The normalized spacial score (nSPS) is 9.42. The quantitative estimate of drug-likeness (QED) is 0.829. The molecule has 0 atom stereocenters. The highest BCUT2D eigenvalue weighted by atomic mass is 35.5. The lowest BCUT2D eigenvalue weighted by Gasteiger charge is -2.17. The lowest BCUT2D eigenvalue weighted by Crippen LogP contribution is -2.31. The van der Waals surface area contributed by atoms with Crippen molar-refractivity contribution in [1.29, 1.82) is 0 Å². The Morgan fingerprint density at radius 1 is 1.42 bits per heavy atom. The van der Waals surface area contributed by atoms with E-state index in [0.29, 0.717) is 22.8 Å². The molecule has 7 heteroatoms.